The van der Waals surface area contributed by atoms with E-state index >= 15 is 0 Å². The number of carbonyl (C=O) groups excluding carboxylic acids is 5. The van der Waals surface area contributed by atoms with Gasteiger partial charge in [-0.05, 0) is 11.8 Å². The molecular formula is C17H25ClN2O9S. The Hall–Kier alpha value is -2.05. The Morgan fingerprint density at radius 2 is 1.57 bits per heavy atom. The number of esters is 3. The fourth-order valence-corrected chi connectivity index (χ4v) is 3.75. The molecule has 13 heteroatoms. The predicted molar refractivity (Wildman–Crippen MR) is 106 cm³/mol. The molecule has 11 nitrogen and oxygen atoms in total. The van der Waals surface area contributed by atoms with Crippen molar-refractivity contribution in [1.82, 2.24) is 10.6 Å². The molecule has 1 aliphatic rings. The van der Waals surface area contributed by atoms with Gasteiger partial charge in [0.1, 0.15) is 24.2 Å². The zero-order valence-corrected chi connectivity index (χ0v) is 18.5. The first-order valence-electron chi connectivity index (χ1n) is 8.96. The van der Waals surface area contributed by atoms with E-state index in [1.165, 1.54) is 13.8 Å². The summed E-state index contributed by atoms with van der Waals surface area (Å²) in [5.41, 5.74) is -1.05. The second-order valence-electron chi connectivity index (χ2n) is 6.24. The minimum atomic E-state index is -1.21. The molecular weight excluding hydrogens is 444 g/mol. The van der Waals surface area contributed by atoms with Crippen LogP contribution in [-0.4, -0.2) is 77.9 Å². The van der Waals surface area contributed by atoms with Crippen molar-refractivity contribution in [3.8, 4) is 0 Å². The van der Waals surface area contributed by atoms with E-state index in [-0.39, 0.29) is 19.0 Å². The molecule has 0 radical (unpaired) electrons. The van der Waals surface area contributed by atoms with Crippen LogP contribution in [0.5, 0.6) is 0 Å². The van der Waals surface area contributed by atoms with E-state index in [1.807, 2.05) is 0 Å². The monoisotopic (exact) mass is 468 g/mol. The summed E-state index contributed by atoms with van der Waals surface area (Å²) in [5, 5.41) is 4.60. The molecule has 0 saturated carbocycles. The molecule has 1 rings (SSSR count). The summed E-state index contributed by atoms with van der Waals surface area (Å²) >= 11 is 6.24. The molecule has 1 heterocycles. The number of carbonyl (C=O) groups is 5. The molecule has 0 aliphatic carbocycles. The molecule has 1 fully saturated rings. The van der Waals surface area contributed by atoms with E-state index in [9.17, 15) is 24.0 Å². The molecule has 5 atom stereocenters. The normalized spacial score (nSPS) is 25.6. The molecule has 1 aliphatic heterocycles. The average molecular weight is 469 g/mol. The number of hydrogen-bond donors (Lipinski definition) is 2. The van der Waals surface area contributed by atoms with E-state index in [4.69, 9.17) is 30.5 Å². The van der Waals surface area contributed by atoms with Crippen LogP contribution in [0.15, 0.2) is 0 Å². The predicted octanol–water partition coefficient (Wildman–Crippen LogP) is 0.324. The number of amides is 2. The minimum Gasteiger partial charge on any atom is -0.463 e. The van der Waals surface area contributed by atoms with Gasteiger partial charge in [0.05, 0.1) is 0 Å². The van der Waals surface area contributed by atoms with Crippen molar-refractivity contribution in [1.29, 1.82) is 0 Å². The Balaban J connectivity index is 3.27. The second kappa shape index (κ2) is 12.6. The number of alkyl halides is 1. The van der Waals surface area contributed by atoms with Gasteiger partial charge in [-0.1, -0.05) is 0 Å². The Morgan fingerprint density at radius 3 is 2.07 bits per heavy atom. The first-order valence-corrected chi connectivity index (χ1v) is 10.4. The van der Waals surface area contributed by atoms with Crippen molar-refractivity contribution in [2.24, 2.45) is 0 Å². The van der Waals surface area contributed by atoms with Gasteiger partial charge in [-0.2, -0.15) is 0 Å². The molecule has 170 valence electrons. The van der Waals surface area contributed by atoms with Crippen LogP contribution >= 0.6 is 23.4 Å². The van der Waals surface area contributed by atoms with Gasteiger partial charge in [-0.25, -0.2) is 0 Å². The quantitative estimate of drug-likeness (QED) is 0.290. The third-order valence-electron chi connectivity index (χ3n) is 3.66. The standard InChI is InChI=1S/C17H25ClN2O9S/c1-8(21)20-13-15(28-11(4)24)14(27-10(3)23)12(7-26-9(2)22)29-16(13)30-17(25)19-6-5-18/h12-16H,5-7H2,1-4H3,(H,19,25)(H,20,21)/t12-,13+,14+,15-,16+/m0/s1. The number of halogens is 1. The van der Waals surface area contributed by atoms with Gasteiger partial charge < -0.3 is 29.6 Å². The number of rotatable bonds is 8. The van der Waals surface area contributed by atoms with Crippen LogP contribution in [0.4, 0.5) is 4.79 Å². The minimum absolute atomic E-state index is 0.187. The number of nitrogens with one attached hydrogen (secondary N) is 2. The van der Waals surface area contributed by atoms with Gasteiger partial charge in [0.15, 0.2) is 12.2 Å². The summed E-state index contributed by atoms with van der Waals surface area (Å²) in [5.74, 6) is -2.34. The third-order valence-corrected chi connectivity index (χ3v) is 4.84. The summed E-state index contributed by atoms with van der Waals surface area (Å²) in [6.45, 7) is 4.55. The van der Waals surface area contributed by atoms with E-state index in [0.717, 1.165) is 13.8 Å². The maximum absolute atomic E-state index is 12.2. The van der Waals surface area contributed by atoms with Crippen LogP contribution in [0.2, 0.25) is 0 Å². The molecule has 0 unspecified atom stereocenters. The highest BCUT2D eigenvalue weighted by atomic mass is 35.5. The summed E-state index contributed by atoms with van der Waals surface area (Å²) in [6, 6.07) is -1.05. The number of thioether (sulfide) groups is 1. The van der Waals surface area contributed by atoms with Gasteiger partial charge in [0.25, 0.3) is 5.24 Å². The Bertz CT molecular complexity index is 663. The molecule has 0 aromatic heterocycles. The molecule has 0 aromatic rings. The van der Waals surface area contributed by atoms with E-state index in [2.05, 4.69) is 10.6 Å². The van der Waals surface area contributed by atoms with Gasteiger partial charge in [0.2, 0.25) is 5.91 Å². The van der Waals surface area contributed by atoms with Crippen molar-refractivity contribution in [2.45, 2.75) is 57.5 Å². The fraction of sp³-hybridized carbons (Fsp3) is 0.706. The molecule has 2 N–H and O–H groups in total. The maximum Gasteiger partial charge on any atom is 0.303 e. The van der Waals surface area contributed by atoms with Crippen LogP contribution in [-0.2, 0) is 38.1 Å². The van der Waals surface area contributed by atoms with E-state index < -0.39 is 58.8 Å². The summed E-state index contributed by atoms with van der Waals surface area (Å²) in [4.78, 5) is 58.6. The lowest BCUT2D eigenvalue weighted by Gasteiger charge is -2.44. The Labute approximate surface area is 182 Å². The van der Waals surface area contributed by atoms with Crippen molar-refractivity contribution in [2.75, 3.05) is 19.0 Å². The van der Waals surface area contributed by atoms with Crippen LogP contribution in [0, 0.1) is 0 Å². The van der Waals surface area contributed by atoms with Gasteiger partial charge >= 0.3 is 17.9 Å². The van der Waals surface area contributed by atoms with Crippen molar-refractivity contribution >= 4 is 52.4 Å². The Morgan fingerprint density at radius 1 is 0.967 bits per heavy atom. The summed E-state index contributed by atoms with van der Waals surface area (Å²) < 4.78 is 21.4. The average Bonchev–Trinajstić information content (AvgIpc) is 2.62. The summed E-state index contributed by atoms with van der Waals surface area (Å²) in [6.07, 6.45) is -3.47. The maximum atomic E-state index is 12.2. The zero-order valence-electron chi connectivity index (χ0n) is 17.0. The largest absolute Gasteiger partial charge is 0.463 e. The first kappa shape index (κ1) is 26.0. The fourth-order valence-electron chi connectivity index (χ4n) is 2.69. The molecule has 0 spiro atoms. The lowest BCUT2D eigenvalue weighted by atomic mass is 9.97. The van der Waals surface area contributed by atoms with Crippen LogP contribution in [0.25, 0.3) is 0 Å². The second-order valence-corrected chi connectivity index (χ2v) is 7.69. The van der Waals surface area contributed by atoms with E-state index in [1.54, 1.807) is 0 Å². The zero-order chi connectivity index (χ0) is 22.8. The molecule has 1 saturated heterocycles. The highest BCUT2D eigenvalue weighted by Gasteiger charge is 2.51. The van der Waals surface area contributed by atoms with Crippen LogP contribution < -0.4 is 10.6 Å². The first-order chi connectivity index (χ1) is 14.0. The van der Waals surface area contributed by atoms with E-state index in [0.29, 0.717) is 11.8 Å². The van der Waals surface area contributed by atoms with Crippen molar-refractivity contribution in [3.05, 3.63) is 0 Å². The lowest BCUT2D eigenvalue weighted by molar-refractivity contribution is -0.211. The van der Waals surface area contributed by atoms with Crippen molar-refractivity contribution in [3.63, 3.8) is 0 Å². The Kier molecular flexibility index (Phi) is 10.9. The van der Waals surface area contributed by atoms with Gasteiger partial charge in [0, 0.05) is 40.1 Å². The van der Waals surface area contributed by atoms with Gasteiger partial charge in [-0.3, -0.25) is 24.0 Å². The SMILES string of the molecule is CC(=O)N[C@@H]1[C@H](OC(C)=O)[C@H](OC(C)=O)[C@H](COC(C)=O)O[C@@H]1SC(=O)NCCCl. The third kappa shape index (κ3) is 8.76. The molecule has 0 aromatic carbocycles. The van der Waals surface area contributed by atoms with Crippen molar-refractivity contribution < 1.29 is 42.9 Å². The highest BCUT2D eigenvalue weighted by Crippen LogP contribution is 2.32. The topological polar surface area (TPSA) is 146 Å². The lowest BCUT2D eigenvalue weighted by Crippen LogP contribution is -2.65. The molecule has 30 heavy (non-hydrogen) atoms. The number of hydrogen-bond acceptors (Lipinski definition) is 10. The summed E-state index contributed by atoms with van der Waals surface area (Å²) in [7, 11) is 0. The smallest absolute Gasteiger partial charge is 0.303 e. The van der Waals surface area contributed by atoms with Crippen LogP contribution in [0.3, 0.4) is 0 Å². The van der Waals surface area contributed by atoms with Crippen LogP contribution in [0.1, 0.15) is 27.7 Å². The van der Waals surface area contributed by atoms with Gasteiger partial charge in [-0.15, -0.1) is 11.6 Å². The number of ether oxygens (including phenoxy) is 4. The molecule has 2 amide bonds. The molecule has 0 bridgehead atoms. The highest BCUT2D eigenvalue weighted by molar-refractivity contribution is 8.14.